The van der Waals surface area contributed by atoms with E-state index in [4.69, 9.17) is 4.74 Å². The molecule has 2 aliphatic carbocycles. The third kappa shape index (κ3) is 3.99. The molecule has 31 heavy (non-hydrogen) atoms. The quantitative estimate of drug-likeness (QED) is 0.455. The summed E-state index contributed by atoms with van der Waals surface area (Å²) in [6.45, 7) is 12.8. The van der Waals surface area contributed by atoms with Crippen LogP contribution in [0.25, 0.3) is 0 Å². The second kappa shape index (κ2) is 8.52. The molecule has 3 aliphatic rings. The second-order valence-corrected chi connectivity index (χ2v) is 10.3. The van der Waals surface area contributed by atoms with Crippen LogP contribution in [-0.4, -0.2) is 21.8 Å². The Labute approximate surface area is 187 Å². The van der Waals surface area contributed by atoms with Crippen LogP contribution in [0.15, 0.2) is 23.8 Å². The van der Waals surface area contributed by atoms with E-state index in [9.17, 15) is 15.0 Å². The normalized spacial score (nSPS) is 28.1. The number of ether oxygens (including phenoxy) is 1. The van der Waals surface area contributed by atoms with Crippen LogP contribution in [0.2, 0.25) is 0 Å². The van der Waals surface area contributed by atoms with Gasteiger partial charge in [0.1, 0.15) is 17.1 Å². The van der Waals surface area contributed by atoms with E-state index in [-0.39, 0.29) is 28.1 Å². The summed E-state index contributed by atoms with van der Waals surface area (Å²) in [5.74, 6) is 0.187. The third-order valence-corrected chi connectivity index (χ3v) is 7.90. The van der Waals surface area contributed by atoms with E-state index in [0.29, 0.717) is 18.4 Å². The first-order valence-electron chi connectivity index (χ1n) is 12.1. The molecule has 0 amide bonds. The van der Waals surface area contributed by atoms with Crippen LogP contribution in [-0.2, 0) is 10.2 Å². The zero-order chi connectivity index (χ0) is 23.0. The summed E-state index contributed by atoms with van der Waals surface area (Å²) in [6, 6.07) is 4.01. The number of hydrogen-bond acceptors (Lipinski definition) is 3. The summed E-state index contributed by atoms with van der Waals surface area (Å²) < 4.78 is 6.47. The average Bonchev–Trinajstić information content (AvgIpc) is 3.33. The maximum Gasteiger partial charge on any atom is 0.331 e. The number of carboxylic acid groups (broad SMARTS) is 1. The molecule has 2 N–H and O–H groups in total. The van der Waals surface area contributed by atoms with Crippen molar-refractivity contribution in [1.29, 1.82) is 0 Å². The third-order valence-electron chi connectivity index (χ3n) is 7.90. The SMILES string of the molecule is CC.CCCCCCC(C)(C)c1cc(O)c2c(c1)OC1(C)C[C@]13CC=C(C(=O)O)C[C@@H]23. The molecule has 4 nitrogen and oxygen atoms in total. The number of aromatic hydroxyl groups is 1. The van der Waals surface area contributed by atoms with Crippen molar-refractivity contribution >= 4 is 5.97 Å². The fourth-order valence-electron chi connectivity index (χ4n) is 5.79. The van der Waals surface area contributed by atoms with Gasteiger partial charge in [-0.3, -0.25) is 0 Å². The number of rotatable bonds is 7. The van der Waals surface area contributed by atoms with Gasteiger partial charge in [0.25, 0.3) is 0 Å². The zero-order valence-corrected chi connectivity index (χ0v) is 20.2. The van der Waals surface area contributed by atoms with E-state index in [1.54, 1.807) is 0 Å². The van der Waals surface area contributed by atoms with E-state index in [2.05, 4.69) is 33.8 Å². The summed E-state index contributed by atoms with van der Waals surface area (Å²) in [6.07, 6.45) is 9.92. The van der Waals surface area contributed by atoms with Gasteiger partial charge < -0.3 is 14.9 Å². The molecule has 1 fully saturated rings. The van der Waals surface area contributed by atoms with Crippen LogP contribution in [0.4, 0.5) is 0 Å². The van der Waals surface area contributed by atoms with Gasteiger partial charge in [-0.05, 0) is 55.7 Å². The molecular weight excluding hydrogens is 388 g/mol. The first kappa shape index (κ1) is 23.7. The highest BCUT2D eigenvalue weighted by Crippen LogP contribution is 2.74. The predicted octanol–water partition coefficient (Wildman–Crippen LogP) is 7.10. The Morgan fingerprint density at radius 1 is 1.23 bits per heavy atom. The highest BCUT2D eigenvalue weighted by atomic mass is 16.5. The Hall–Kier alpha value is -1.97. The Morgan fingerprint density at radius 2 is 1.94 bits per heavy atom. The molecule has 4 rings (SSSR count). The largest absolute Gasteiger partial charge is 0.508 e. The van der Waals surface area contributed by atoms with E-state index >= 15 is 0 Å². The maximum atomic E-state index is 11.6. The highest BCUT2D eigenvalue weighted by molar-refractivity contribution is 5.87. The number of fused-ring (bicyclic) bond motifs is 2. The Bertz CT molecular complexity index is 868. The van der Waals surface area contributed by atoms with Crippen molar-refractivity contribution in [2.24, 2.45) is 5.41 Å². The van der Waals surface area contributed by atoms with Crippen LogP contribution in [0.1, 0.15) is 110 Å². The monoisotopic (exact) mass is 428 g/mol. The number of carboxylic acids is 1. The Kier molecular flexibility index (Phi) is 6.51. The number of aliphatic carboxylic acids is 1. The van der Waals surface area contributed by atoms with Crippen LogP contribution in [0.5, 0.6) is 11.5 Å². The molecule has 0 aromatic heterocycles. The number of phenols is 1. The molecule has 1 aromatic carbocycles. The van der Waals surface area contributed by atoms with Crippen molar-refractivity contribution in [3.05, 3.63) is 34.9 Å². The van der Waals surface area contributed by atoms with Crippen LogP contribution in [0, 0.1) is 5.41 Å². The van der Waals surface area contributed by atoms with Crippen LogP contribution >= 0.6 is 0 Å². The number of phenolic OH excluding ortho intramolecular Hbond substituents is 1. The van der Waals surface area contributed by atoms with Gasteiger partial charge in [0.05, 0.1) is 0 Å². The first-order chi connectivity index (χ1) is 14.6. The maximum absolute atomic E-state index is 11.6. The fourth-order valence-corrected chi connectivity index (χ4v) is 5.79. The van der Waals surface area contributed by atoms with Crippen molar-refractivity contribution < 1.29 is 19.7 Å². The van der Waals surface area contributed by atoms with Gasteiger partial charge in [-0.15, -0.1) is 0 Å². The highest BCUT2D eigenvalue weighted by Gasteiger charge is 2.73. The number of benzene rings is 1. The molecule has 0 radical (unpaired) electrons. The lowest BCUT2D eigenvalue weighted by molar-refractivity contribution is -0.133. The van der Waals surface area contributed by atoms with Gasteiger partial charge in [0.2, 0.25) is 0 Å². The van der Waals surface area contributed by atoms with E-state index in [1.165, 1.54) is 25.7 Å². The lowest BCUT2D eigenvalue weighted by Crippen LogP contribution is -2.36. The lowest BCUT2D eigenvalue weighted by Gasteiger charge is -2.41. The smallest absolute Gasteiger partial charge is 0.331 e. The first-order valence-corrected chi connectivity index (χ1v) is 12.1. The van der Waals surface area contributed by atoms with Gasteiger partial charge >= 0.3 is 5.97 Å². The van der Waals surface area contributed by atoms with E-state index in [1.807, 2.05) is 26.0 Å². The van der Waals surface area contributed by atoms with Gasteiger partial charge in [-0.25, -0.2) is 4.79 Å². The molecule has 3 atom stereocenters. The molecule has 1 aromatic rings. The minimum Gasteiger partial charge on any atom is -0.508 e. The molecule has 172 valence electrons. The summed E-state index contributed by atoms with van der Waals surface area (Å²) in [7, 11) is 0. The van der Waals surface area contributed by atoms with Crippen molar-refractivity contribution in [3.8, 4) is 11.5 Å². The lowest BCUT2D eigenvalue weighted by atomic mass is 9.69. The van der Waals surface area contributed by atoms with Crippen LogP contribution < -0.4 is 4.74 Å². The number of hydrogen-bond donors (Lipinski definition) is 2. The van der Waals surface area contributed by atoms with Crippen molar-refractivity contribution in [2.45, 2.75) is 110 Å². The van der Waals surface area contributed by atoms with E-state index < -0.39 is 5.97 Å². The summed E-state index contributed by atoms with van der Waals surface area (Å²) in [4.78, 5) is 11.6. The molecule has 1 unspecified atom stereocenters. The Balaban J connectivity index is 0.00000132. The van der Waals surface area contributed by atoms with Gasteiger partial charge in [0, 0.05) is 22.5 Å². The summed E-state index contributed by atoms with van der Waals surface area (Å²) in [5, 5.41) is 20.6. The van der Waals surface area contributed by atoms with E-state index in [0.717, 1.165) is 29.7 Å². The van der Waals surface area contributed by atoms with Crippen molar-refractivity contribution in [1.82, 2.24) is 0 Å². The average molecular weight is 429 g/mol. The molecule has 4 heteroatoms. The Morgan fingerprint density at radius 3 is 2.58 bits per heavy atom. The fraction of sp³-hybridized carbons (Fsp3) is 0.667. The topological polar surface area (TPSA) is 66.8 Å². The van der Waals surface area contributed by atoms with Crippen LogP contribution in [0.3, 0.4) is 0 Å². The summed E-state index contributed by atoms with van der Waals surface area (Å²) >= 11 is 0. The molecule has 1 saturated carbocycles. The second-order valence-electron chi connectivity index (χ2n) is 10.3. The predicted molar refractivity (Wildman–Crippen MR) is 125 cm³/mol. The van der Waals surface area contributed by atoms with Gasteiger partial charge in [-0.1, -0.05) is 66.4 Å². The standard InChI is InChI=1S/C25H34O4.C2H6/c1-5-6-7-8-10-23(2,3)17-13-19(26)21-18-12-16(22(27)28)9-11-25(18)15-24(25,4)29-20(21)14-17;1-2/h9,13-14,18,26H,5-8,10-12,15H2,1-4H3,(H,27,28);1-2H3/t18-,24?,25-;/m0./s1. The number of allylic oxidation sites excluding steroid dienone is 1. The molecule has 1 spiro atoms. The number of unbranched alkanes of at least 4 members (excludes halogenated alkanes) is 3. The van der Waals surface area contributed by atoms with Crippen molar-refractivity contribution in [3.63, 3.8) is 0 Å². The van der Waals surface area contributed by atoms with Gasteiger partial charge in [-0.2, -0.15) is 0 Å². The van der Waals surface area contributed by atoms with Crippen molar-refractivity contribution in [2.75, 3.05) is 0 Å². The number of carbonyl (C=O) groups is 1. The minimum atomic E-state index is -0.848. The molecular formula is C27H40O4. The molecule has 0 bridgehead atoms. The summed E-state index contributed by atoms with van der Waals surface area (Å²) in [5.41, 5.74) is 2.00. The van der Waals surface area contributed by atoms with Gasteiger partial charge in [0.15, 0.2) is 0 Å². The molecule has 1 aliphatic heterocycles. The molecule has 0 saturated heterocycles. The minimum absolute atomic E-state index is 0.00839. The molecule has 1 heterocycles. The zero-order valence-electron chi connectivity index (χ0n) is 20.2.